The second-order valence-corrected chi connectivity index (χ2v) is 5.51. The van der Waals surface area contributed by atoms with Crippen molar-refractivity contribution in [1.82, 2.24) is 0 Å². The highest BCUT2D eigenvalue weighted by Crippen LogP contribution is 2.29. The molecular formula is C17H24N2O2. The third kappa shape index (κ3) is 4.33. The molecule has 1 amide bonds. The van der Waals surface area contributed by atoms with Crippen LogP contribution in [0.2, 0.25) is 0 Å². The highest BCUT2D eigenvalue weighted by molar-refractivity contribution is 5.94. The van der Waals surface area contributed by atoms with E-state index in [0.29, 0.717) is 18.8 Å². The Kier molecular flexibility index (Phi) is 5.81. The SMILES string of the molecule is C=CCCC(=O)Nc1ccccc1N1CCC(CO)CC1. The largest absolute Gasteiger partial charge is 0.396 e. The lowest BCUT2D eigenvalue weighted by molar-refractivity contribution is -0.116. The Balaban J connectivity index is 2.03. The van der Waals surface area contributed by atoms with Gasteiger partial charge >= 0.3 is 0 Å². The Morgan fingerprint density at radius 2 is 2.10 bits per heavy atom. The van der Waals surface area contributed by atoms with E-state index in [0.717, 1.165) is 37.3 Å². The molecular weight excluding hydrogens is 264 g/mol. The Bertz CT molecular complexity index is 479. The zero-order valence-electron chi connectivity index (χ0n) is 12.4. The van der Waals surface area contributed by atoms with Crippen LogP contribution in [0.25, 0.3) is 0 Å². The van der Waals surface area contributed by atoms with E-state index in [1.54, 1.807) is 6.08 Å². The van der Waals surface area contributed by atoms with Crippen LogP contribution in [0.4, 0.5) is 11.4 Å². The second-order valence-electron chi connectivity index (χ2n) is 5.51. The maximum absolute atomic E-state index is 11.9. The molecule has 0 unspecified atom stereocenters. The van der Waals surface area contributed by atoms with Gasteiger partial charge in [-0.25, -0.2) is 0 Å². The van der Waals surface area contributed by atoms with Crippen molar-refractivity contribution in [2.45, 2.75) is 25.7 Å². The molecule has 1 aliphatic heterocycles. The Morgan fingerprint density at radius 3 is 2.76 bits per heavy atom. The number of nitrogens with one attached hydrogen (secondary N) is 1. The van der Waals surface area contributed by atoms with Crippen molar-refractivity contribution in [1.29, 1.82) is 0 Å². The molecule has 2 N–H and O–H groups in total. The standard InChI is InChI=1S/C17H24N2O2/c1-2-3-8-17(21)18-15-6-4-5-7-16(15)19-11-9-14(13-20)10-12-19/h2,4-7,14,20H,1,3,8-13H2,(H,18,21). The van der Waals surface area contributed by atoms with Gasteiger partial charge in [-0.3, -0.25) is 4.79 Å². The number of piperidine rings is 1. The van der Waals surface area contributed by atoms with E-state index >= 15 is 0 Å². The third-order valence-electron chi connectivity index (χ3n) is 3.97. The number of allylic oxidation sites excluding steroid dienone is 1. The minimum absolute atomic E-state index is 0.0209. The summed E-state index contributed by atoms with van der Waals surface area (Å²) in [6.07, 6.45) is 4.90. The molecule has 21 heavy (non-hydrogen) atoms. The lowest BCUT2D eigenvalue weighted by Gasteiger charge is -2.34. The van der Waals surface area contributed by atoms with Gasteiger partial charge in [-0.1, -0.05) is 18.2 Å². The lowest BCUT2D eigenvalue weighted by atomic mass is 9.97. The fraction of sp³-hybridized carbons (Fsp3) is 0.471. The fourth-order valence-corrected chi connectivity index (χ4v) is 2.66. The maximum atomic E-state index is 11.9. The van der Waals surface area contributed by atoms with Crippen LogP contribution in [0.5, 0.6) is 0 Å². The summed E-state index contributed by atoms with van der Waals surface area (Å²) in [6.45, 7) is 5.75. The van der Waals surface area contributed by atoms with Crippen LogP contribution in [-0.2, 0) is 4.79 Å². The van der Waals surface area contributed by atoms with Crippen molar-refractivity contribution in [3.8, 4) is 0 Å². The summed E-state index contributed by atoms with van der Waals surface area (Å²) < 4.78 is 0. The molecule has 0 aromatic heterocycles. The Labute approximate surface area is 126 Å². The number of carbonyl (C=O) groups excluding carboxylic acids is 1. The molecule has 1 saturated heterocycles. The number of amides is 1. The van der Waals surface area contributed by atoms with E-state index in [1.807, 2.05) is 24.3 Å². The van der Waals surface area contributed by atoms with Crippen LogP contribution in [0.3, 0.4) is 0 Å². The number of aliphatic hydroxyl groups excluding tert-OH is 1. The molecule has 1 aliphatic rings. The molecule has 0 spiro atoms. The summed E-state index contributed by atoms with van der Waals surface area (Å²) in [5.74, 6) is 0.434. The third-order valence-corrected chi connectivity index (χ3v) is 3.97. The van der Waals surface area contributed by atoms with Crippen LogP contribution in [-0.4, -0.2) is 30.7 Å². The van der Waals surface area contributed by atoms with Crippen LogP contribution in [0.15, 0.2) is 36.9 Å². The van der Waals surface area contributed by atoms with Crippen molar-refractivity contribution in [3.05, 3.63) is 36.9 Å². The predicted octanol–water partition coefficient (Wildman–Crippen LogP) is 2.80. The first kappa shape index (κ1) is 15.6. The lowest BCUT2D eigenvalue weighted by Crippen LogP contribution is -2.35. The van der Waals surface area contributed by atoms with Gasteiger partial charge in [0.05, 0.1) is 11.4 Å². The normalized spacial score (nSPS) is 15.8. The highest BCUT2D eigenvalue weighted by Gasteiger charge is 2.20. The van der Waals surface area contributed by atoms with Gasteiger partial charge in [-0.15, -0.1) is 6.58 Å². The minimum atomic E-state index is 0.0209. The van der Waals surface area contributed by atoms with Gasteiger partial charge in [-0.2, -0.15) is 0 Å². The van der Waals surface area contributed by atoms with Gasteiger partial charge in [0.2, 0.25) is 5.91 Å². The number of carbonyl (C=O) groups is 1. The number of para-hydroxylation sites is 2. The van der Waals surface area contributed by atoms with Crippen LogP contribution < -0.4 is 10.2 Å². The zero-order chi connectivity index (χ0) is 15.1. The molecule has 1 heterocycles. The molecule has 0 atom stereocenters. The Hall–Kier alpha value is -1.81. The second kappa shape index (κ2) is 7.84. The van der Waals surface area contributed by atoms with Crippen molar-refractivity contribution in [3.63, 3.8) is 0 Å². The molecule has 0 aliphatic carbocycles. The molecule has 4 heteroatoms. The molecule has 0 bridgehead atoms. The van der Waals surface area contributed by atoms with Crippen LogP contribution in [0, 0.1) is 5.92 Å². The van der Waals surface area contributed by atoms with E-state index in [2.05, 4.69) is 16.8 Å². The average molecular weight is 288 g/mol. The summed E-state index contributed by atoms with van der Waals surface area (Å²) in [4.78, 5) is 14.2. The van der Waals surface area contributed by atoms with Crippen LogP contribution >= 0.6 is 0 Å². The van der Waals surface area contributed by atoms with Gasteiger partial charge in [-0.05, 0) is 37.3 Å². The summed E-state index contributed by atoms with van der Waals surface area (Å²) in [7, 11) is 0. The quantitative estimate of drug-likeness (QED) is 0.791. The summed E-state index contributed by atoms with van der Waals surface area (Å²) in [6, 6.07) is 7.92. The predicted molar refractivity (Wildman–Crippen MR) is 86.5 cm³/mol. The van der Waals surface area contributed by atoms with Crippen LogP contribution in [0.1, 0.15) is 25.7 Å². The number of hydrogen-bond donors (Lipinski definition) is 2. The van der Waals surface area contributed by atoms with E-state index < -0.39 is 0 Å². The summed E-state index contributed by atoms with van der Waals surface area (Å²) >= 11 is 0. The summed E-state index contributed by atoms with van der Waals surface area (Å²) in [5.41, 5.74) is 1.94. The van der Waals surface area contributed by atoms with E-state index in [9.17, 15) is 9.90 Å². The van der Waals surface area contributed by atoms with E-state index in [1.165, 1.54) is 0 Å². The molecule has 1 aromatic carbocycles. The van der Waals surface area contributed by atoms with Crippen molar-refractivity contribution < 1.29 is 9.90 Å². The van der Waals surface area contributed by atoms with Gasteiger partial charge in [0, 0.05) is 26.1 Å². The topological polar surface area (TPSA) is 52.6 Å². The van der Waals surface area contributed by atoms with Crippen molar-refractivity contribution >= 4 is 17.3 Å². The molecule has 1 fully saturated rings. The smallest absolute Gasteiger partial charge is 0.224 e. The number of hydrogen-bond acceptors (Lipinski definition) is 3. The zero-order valence-corrected chi connectivity index (χ0v) is 12.4. The molecule has 1 aromatic rings. The first-order chi connectivity index (χ1) is 10.2. The van der Waals surface area contributed by atoms with Gasteiger partial charge in [0.1, 0.15) is 0 Å². The molecule has 0 radical (unpaired) electrons. The number of aliphatic hydroxyl groups is 1. The number of benzene rings is 1. The number of rotatable bonds is 6. The summed E-state index contributed by atoms with van der Waals surface area (Å²) in [5, 5.41) is 12.2. The monoisotopic (exact) mass is 288 g/mol. The van der Waals surface area contributed by atoms with Crippen molar-refractivity contribution in [2.24, 2.45) is 5.92 Å². The van der Waals surface area contributed by atoms with E-state index in [4.69, 9.17) is 0 Å². The van der Waals surface area contributed by atoms with Gasteiger partial charge in [0.25, 0.3) is 0 Å². The molecule has 0 saturated carbocycles. The van der Waals surface area contributed by atoms with Gasteiger partial charge < -0.3 is 15.3 Å². The maximum Gasteiger partial charge on any atom is 0.224 e. The molecule has 4 nitrogen and oxygen atoms in total. The van der Waals surface area contributed by atoms with Crippen molar-refractivity contribution in [2.75, 3.05) is 29.9 Å². The molecule has 114 valence electrons. The highest BCUT2D eigenvalue weighted by atomic mass is 16.3. The van der Waals surface area contributed by atoms with E-state index in [-0.39, 0.29) is 12.5 Å². The van der Waals surface area contributed by atoms with Gasteiger partial charge in [0.15, 0.2) is 0 Å². The average Bonchev–Trinajstić information content (AvgIpc) is 2.53. The number of anilines is 2. The first-order valence-corrected chi connectivity index (χ1v) is 7.60. The first-order valence-electron chi connectivity index (χ1n) is 7.60. The molecule has 2 rings (SSSR count). The fourth-order valence-electron chi connectivity index (χ4n) is 2.66. The Morgan fingerprint density at radius 1 is 1.38 bits per heavy atom. The number of nitrogens with zero attached hydrogens (tertiary/aromatic N) is 1. The minimum Gasteiger partial charge on any atom is -0.396 e.